The third-order valence-corrected chi connectivity index (χ3v) is 3.86. The van der Waals surface area contributed by atoms with E-state index in [0.29, 0.717) is 25.9 Å². The van der Waals surface area contributed by atoms with Gasteiger partial charge in [0.25, 0.3) is 0 Å². The molecule has 0 atom stereocenters. The van der Waals surface area contributed by atoms with Gasteiger partial charge in [-0.05, 0) is 31.0 Å². The maximum atomic E-state index is 13.0. The molecule has 1 aromatic rings. The second-order valence-corrected chi connectivity index (χ2v) is 5.01. The third-order valence-electron chi connectivity index (χ3n) is 3.86. The van der Waals surface area contributed by atoms with Crippen molar-refractivity contribution < 1.29 is 18.3 Å². The molecule has 0 saturated carbocycles. The van der Waals surface area contributed by atoms with Gasteiger partial charge in [0.2, 0.25) is 0 Å². The highest BCUT2D eigenvalue weighted by atomic mass is 19.4. The summed E-state index contributed by atoms with van der Waals surface area (Å²) in [7, 11) is 0. The van der Waals surface area contributed by atoms with Crippen molar-refractivity contribution in [2.75, 3.05) is 19.6 Å². The zero-order chi connectivity index (χ0) is 14.1. The van der Waals surface area contributed by atoms with Crippen molar-refractivity contribution in [3.63, 3.8) is 0 Å². The first-order valence-electron chi connectivity index (χ1n) is 6.48. The highest BCUT2D eigenvalue weighted by Crippen LogP contribution is 2.40. The van der Waals surface area contributed by atoms with Gasteiger partial charge in [0, 0.05) is 13.1 Å². The van der Waals surface area contributed by atoms with Crippen LogP contribution < -0.4 is 0 Å². The Bertz CT molecular complexity index is 437. The summed E-state index contributed by atoms with van der Waals surface area (Å²) >= 11 is 0. The van der Waals surface area contributed by atoms with Crippen LogP contribution in [0.25, 0.3) is 0 Å². The molecule has 0 radical (unpaired) electrons. The SMILES string of the molecule is CCN1CCC(O)(c2ccccc2C(F)(F)F)CC1. The van der Waals surface area contributed by atoms with Gasteiger partial charge < -0.3 is 10.0 Å². The number of nitrogens with zero attached hydrogens (tertiary/aromatic N) is 1. The Morgan fingerprint density at radius 3 is 2.32 bits per heavy atom. The molecule has 0 unspecified atom stereocenters. The predicted octanol–water partition coefficient (Wildman–Crippen LogP) is 3.01. The Hall–Kier alpha value is -1.07. The number of aliphatic hydroxyl groups is 1. The van der Waals surface area contributed by atoms with Crippen LogP contribution in [0.5, 0.6) is 0 Å². The molecule has 19 heavy (non-hydrogen) atoms. The summed E-state index contributed by atoms with van der Waals surface area (Å²) in [6, 6.07) is 5.34. The Balaban J connectivity index is 2.32. The molecule has 2 nitrogen and oxygen atoms in total. The van der Waals surface area contributed by atoms with E-state index in [1.165, 1.54) is 12.1 Å². The molecule has 0 aliphatic carbocycles. The molecule has 5 heteroatoms. The van der Waals surface area contributed by atoms with Crippen LogP contribution in [0.3, 0.4) is 0 Å². The van der Waals surface area contributed by atoms with Crippen molar-refractivity contribution in [2.24, 2.45) is 0 Å². The quantitative estimate of drug-likeness (QED) is 0.895. The molecular formula is C14H18F3NO. The minimum atomic E-state index is -4.42. The Morgan fingerprint density at radius 2 is 1.79 bits per heavy atom. The van der Waals surface area contributed by atoms with Crippen molar-refractivity contribution in [3.8, 4) is 0 Å². The largest absolute Gasteiger partial charge is 0.416 e. The number of hydrogen-bond acceptors (Lipinski definition) is 2. The third kappa shape index (κ3) is 2.92. The van der Waals surface area contributed by atoms with Crippen LogP contribution in [0.4, 0.5) is 13.2 Å². The van der Waals surface area contributed by atoms with Gasteiger partial charge in [-0.15, -0.1) is 0 Å². The summed E-state index contributed by atoms with van der Waals surface area (Å²) in [5, 5.41) is 10.6. The van der Waals surface area contributed by atoms with E-state index in [9.17, 15) is 18.3 Å². The maximum absolute atomic E-state index is 13.0. The summed E-state index contributed by atoms with van der Waals surface area (Å²) in [6.07, 6.45) is -3.74. The number of hydrogen-bond donors (Lipinski definition) is 1. The van der Waals surface area contributed by atoms with E-state index in [1.54, 1.807) is 6.07 Å². The molecule has 0 bridgehead atoms. The first-order chi connectivity index (χ1) is 8.87. The molecule has 106 valence electrons. The van der Waals surface area contributed by atoms with E-state index < -0.39 is 17.3 Å². The van der Waals surface area contributed by atoms with Gasteiger partial charge in [-0.3, -0.25) is 0 Å². The maximum Gasteiger partial charge on any atom is 0.416 e. The van der Waals surface area contributed by atoms with Crippen LogP contribution in [-0.2, 0) is 11.8 Å². The smallest absolute Gasteiger partial charge is 0.385 e. The number of benzene rings is 1. The minimum Gasteiger partial charge on any atom is -0.385 e. The van der Waals surface area contributed by atoms with Gasteiger partial charge in [-0.2, -0.15) is 13.2 Å². The van der Waals surface area contributed by atoms with Gasteiger partial charge in [0.05, 0.1) is 11.2 Å². The molecule has 1 aliphatic rings. The lowest BCUT2D eigenvalue weighted by molar-refractivity contribution is -0.141. The highest BCUT2D eigenvalue weighted by Gasteiger charge is 2.41. The first-order valence-corrected chi connectivity index (χ1v) is 6.48. The summed E-state index contributed by atoms with van der Waals surface area (Å²) in [5.41, 5.74) is -2.07. The number of likely N-dealkylation sites (tertiary alicyclic amines) is 1. The lowest BCUT2D eigenvalue weighted by atomic mass is 9.82. The average molecular weight is 273 g/mol. The van der Waals surface area contributed by atoms with E-state index >= 15 is 0 Å². The van der Waals surface area contributed by atoms with Crippen LogP contribution in [0, 0.1) is 0 Å². The summed E-state index contributed by atoms with van der Waals surface area (Å²) in [4.78, 5) is 2.13. The molecule has 1 aliphatic heterocycles. The summed E-state index contributed by atoms with van der Waals surface area (Å²) in [5.74, 6) is 0. The predicted molar refractivity (Wildman–Crippen MR) is 66.7 cm³/mol. The van der Waals surface area contributed by atoms with Crippen molar-refractivity contribution in [3.05, 3.63) is 35.4 Å². The number of rotatable bonds is 2. The van der Waals surface area contributed by atoms with E-state index in [2.05, 4.69) is 4.90 Å². The van der Waals surface area contributed by atoms with E-state index in [1.807, 2.05) is 6.92 Å². The van der Waals surface area contributed by atoms with Gasteiger partial charge >= 0.3 is 6.18 Å². The molecule has 1 saturated heterocycles. The van der Waals surface area contributed by atoms with Crippen molar-refractivity contribution in [2.45, 2.75) is 31.5 Å². The van der Waals surface area contributed by atoms with Crippen molar-refractivity contribution in [1.82, 2.24) is 4.90 Å². The molecule has 1 N–H and O–H groups in total. The van der Waals surface area contributed by atoms with Gasteiger partial charge in [0.1, 0.15) is 0 Å². The van der Waals surface area contributed by atoms with Gasteiger partial charge in [0.15, 0.2) is 0 Å². The molecular weight excluding hydrogens is 255 g/mol. The van der Waals surface area contributed by atoms with Crippen LogP contribution in [-0.4, -0.2) is 29.6 Å². The zero-order valence-corrected chi connectivity index (χ0v) is 10.9. The van der Waals surface area contributed by atoms with E-state index in [4.69, 9.17) is 0 Å². The topological polar surface area (TPSA) is 23.5 Å². The summed E-state index contributed by atoms with van der Waals surface area (Å²) < 4.78 is 39.0. The molecule has 0 aromatic heterocycles. The highest BCUT2D eigenvalue weighted by molar-refractivity contribution is 5.35. The van der Waals surface area contributed by atoms with Crippen molar-refractivity contribution >= 4 is 0 Å². The number of halogens is 3. The second kappa shape index (κ2) is 5.13. The normalized spacial score (nSPS) is 20.5. The Labute approximate surface area is 110 Å². The monoisotopic (exact) mass is 273 g/mol. The van der Waals surface area contributed by atoms with Gasteiger partial charge in [-0.1, -0.05) is 25.1 Å². The van der Waals surface area contributed by atoms with Crippen molar-refractivity contribution in [1.29, 1.82) is 0 Å². The standard InChI is InChI=1S/C14H18F3NO/c1-2-18-9-7-13(19,8-10-18)11-5-3-4-6-12(11)14(15,16)17/h3-6,19H,2,7-10H2,1H3. The second-order valence-electron chi connectivity index (χ2n) is 5.01. The van der Waals surface area contributed by atoms with Gasteiger partial charge in [-0.25, -0.2) is 0 Å². The fourth-order valence-electron chi connectivity index (χ4n) is 2.64. The van der Waals surface area contributed by atoms with E-state index in [0.717, 1.165) is 12.6 Å². The lowest BCUT2D eigenvalue weighted by Gasteiger charge is -2.39. The van der Waals surface area contributed by atoms with E-state index in [-0.39, 0.29) is 5.56 Å². The number of alkyl halides is 3. The lowest BCUT2D eigenvalue weighted by Crippen LogP contribution is -2.43. The first kappa shape index (κ1) is 14.3. The fourth-order valence-corrected chi connectivity index (χ4v) is 2.64. The van der Waals surface area contributed by atoms with Crippen LogP contribution >= 0.6 is 0 Å². The molecule has 1 aromatic carbocycles. The van der Waals surface area contributed by atoms with Crippen LogP contribution in [0.2, 0.25) is 0 Å². The Kier molecular flexibility index (Phi) is 3.87. The minimum absolute atomic E-state index is 0.0123. The fraction of sp³-hybridized carbons (Fsp3) is 0.571. The number of piperidine rings is 1. The Morgan fingerprint density at radius 1 is 1.21 bits per heavy atom. The molecule has 1 fully saturated rings. The van der Waals surface area contributed by atoms with Crippen LogP contribution in [0.1, 0.15) is 30.9 Å². The molecule has 0 spiro atoms. The average Bonchev–Trinajstić information content (AvgIpc) is 2.39. The summed E-state index contributed by atoms with van der Waals surface area (Å²) in [6.45, 7) is 4.11. The zero-order valence-electron chi connectivity index (χ0n) is 10.9. The van der Waals surface area contributed by atoms with Crippen LogP contribution in [0.15, 0.2) is 24.3 Å². The molecule has 0 amide bonds. The molecule has 2 rings (SSSR count). The molecule has 1 heterocycles.